The maximum absolute atomic E-state index is 12.6. The molecule has 28 heavy (non-hydrogen) atoms. The van der Waals surface area contributed by atoms with Crippen LogP contribution in [0, 0.1) is 13.8 Å². The van der Waals surface area contributed by atoms with Gasteiger partial charge >= 0.3 is 5.97 Å². The lowest BCUT2D eigenvalue weighted by Crippen LogP contribution is -2.21. The third-order valence-electron chi connectivity index (χ3n) is 4.83. The zero-order valence-corrected chi connectivity index (χ0v) is 16.1. The maximum atomic E-state index is 12.6. The number of Topliss-reactive ketones (excluding diaryl/α,β-unsaturated/α-hetero) is 1. The number of nitrogens with zero attached hydrogens (tertiary/aromatic N) is 1. The van der Waals surface area contributed by atoms with Gasteiger partial charge in [-0.25, -0.2) is 4.79 Å². The molecular weight excluding hydrogens is 356 g/mol. The highest BCUT2D eigenvalue weighted by Crippen LogP contribution is 2.25. The minimum absolute atomic E-state index is 0.0631. The summed E-state index contributed by atoms with van der Waals surface area (Å²) >= 11 is 0. The Labute approximate surface area is 162 Å². The monoisotopic (exact) mass is 378 g/mol. The molecule has 0 aliphatic heterocycles. The maximum Gasteiger partial charge on any atom is 0.344 e. The second-order valence-electron chi connectivity index (χ2n) is 6.65. The number of hydrogen-bond acceptors (Lipinski definition) is 4. The van der Waals surface area contributed by atoms with Crippen LogP contribution in [0.1, 0.15) is 50.6 Å². The number of aryl methyl sites for hydroxylation is 1. The van der Waals surface area contributed by atoms with Crippen LogP contribution in [0.2, 0.25) is 0 Å². The van der Waals surface area contributed by atoms with Gasteiger partial charge in [0.1, 0.15) is 5.56 Å². The molecule has 0 aliphatic carbocycles. The molecule has 1 atom stereocenters. The molecule has 0 bridgehead atoms. The van der Waals surface area contributed by atoms with Crippen molar-refractivity contribution in [2.75, 3.05) is 6.61 Å². The number of ketones is 1. The first kappa shape index (κ1) is 19.4. The molecule has 2 aromatic heterocycles. The molecular formula is C22H22N2O4. The van der Waals surface area contributed by atoms with Gasteiger partial charge in [-0.2, -0.15) is 0 Å². The van der Waals surface area contributed by atoms with Gasteiger partial charge in [0, 0.05) is 23.1 Å². The van der Waals surface area contributed by atoms with Crippen molar-refractivity contribution in [3.05, 3.63) is 93.2 Å². The fraction of sp³-hybridized carbons (Fsp3) is 0.227. The average molecular weight is 378 g/mol. The number of aromatic amines is 1. The van der Waals surface area contributed by atoms with E-state index in [9.17, 15) is 14.4 Å². The van der Waals surface area contributed by atoms with Crippen molar-refractivity contribution >= 4 is 11.8 Å². The third kappa shape index (κ3) is 3.81. The number of H-pyrrole nitrogens is 1. The van der Waals surface area contributed by atoms with Gasteiger partial charge in [0.25, 0.3) is 5.56 Å². The first-order valence-electron chi connectivity index (χ1n) is 9.01. The summed E-state index contributed by atoms with van der Waals surface area (Å²) in [6.07, 6.45) is 1.42. The summed E-state index contributed by atoms with van der Waals surface area (Å²) in [6.45, 7) is 5.48. The van der Waals surface area contributed by atoms with Crippen LogP contribution < -0.4 is 5.56 Å². The largest absolute Gasteiger partial charge is 0.454 e. The highest BCUT2D eigenvalue weighted by Gasteiger charge is 2.21. The lowest BCUT2D eigenvalue weighted by molar-refractivity contribution is 0.0472. The summed E-state index contributed by atoms with van der Waals surface area (Å²) in [5, 5.41) is 0. The van der Waals surface area contributed by atoms with Crippen LogP contribution in [0.4, 0.5) is 0 Å². The molecule has 0 saturated heterocycles. The summed E-state index contributed by atoms with van der Waals surface area (Å²) < 4.78 is 7.15. The van der Waals surface area contributed by atoms with Gasteiger partial charge in [-0.05, 0) is 44.5 Å². The molecule has 0 aliphatic rings. The normalized spacial score (nSPS) is 11.8. The average Bonchev–Trinajstić information content (AvgIpc) is 3.00. The Morgan fingerprint density at radius 3 is 2.46 bits per heavy atom. The zero-order valence-electron chi connectivity index (χ0n) is 16.1. The second kappa shape index (κ2) is 8.08. The Balaban J connectivity index is 1.77. The Hall–Kier alpha value is -3.41. The van der Waals surface area contributed by atoms with Crippen LogP contribution in [0.5, 0.6) is 0 Å². The standard InChI is InChI=1S/C22H22N2O4/c1-14-12-19(16(3)24(14)15(2)17-8-5-4-6-9-17)20(25)13-28-22(27)18-10-7-11-23-21(18)26/h4-12,15H,13H2,1-3H3,(H,23,26)/t15-/m1/s1. The number of aromatic nitrogens is 2. The molecule has 0 fully saturated rings. The van der Waals surface area contributed by atoms with Crippen molar-refractivity contribution < 1.29 is 14.3 Å². The molecule has 3 aromatic rings. The highest BCUT2D eigenvalue weighted by molar-refractivity contribution is 6.00. The minimum Gasteiger partial charge on any atom is -0.454 e. The van der Waals surface area contributed by atoms with Crippen LogP contribution in [0.15, 0.2) is 59.5 Å². The third-order valence-corrected chi connectivity index (χ3v) is 4.83. The van der Waals surface area contributed by atoms with Crippen LogP contribution in [-0.4, -0.2) is 27.9 Å². The quantitative estimate of drug-likeness (QED) is 0.526. The van der Waals surface area contributed by atoms with E-state index in [-0.39, 0.29) is 17.4 Å². The summed E-state index contributed by atoms with van der Waals surface area (Å²) in [4.78, 5) is 38.7. The van der Waals surface area contributed by atoms with E-state index in [2.05, 4.69) is 16.5 Å². The minimum atomic E-state index is -0.818. The van der Waals surface area contributed by atoms with E-state index >= 15 is 0 Å². The van der Waals surface area contributed by atoms with Crippen molar-refractivity contribution in [2.24, 2.45) is 0 Å². The molecule has 144 valence electrons. The van der Waals surface area contributed by atoms with E-state index in [1.165, 1.54) is 18.3 Å². The molecule has 0 unspecified atom stereocenters. The lowest BCUT2D eigenvalue weighted by atomic mass is 10.1. The molecule has 2 heterocycles. The number of rotatable bonds is 6. The predicted molar refractivity (Wildman–Crippen MR) is 106 cm³/mol. The highest BCUT2D eigenvalue weighted by atomic mass is 16.5. The summed E-state index contributed by atoms with van der Waals surface area (Å²) in [5.74, 6) is -1.12. The number of pyridine rings is 1. The van der Waals surface area contributed by atoms with Crippen molar-refractivity contribution in [3.8, 4) is 0 Å². The topological polar surface area (TPSA) is 81.2 Å². The molecule has 6 nitrogen and oxygen atoms in total. The molecule has 6 heteroatoms. The van der Waals surface area contributed by atoms with Gasteiger partial charge in [-0.15, -0.1) is 0 Å². The predicted octanol–water partition coefficient (Wildman–Crippen LogP) is 3.44. The van der Waals surface area contributed by atoms with E-state index in [1.54, 1.807) is 6.07 Å². The van der Waals surface area contributed by atoms with Gasteiger partial charge < -0.3 is 14.3 Å². The Kier molecular flexibility index (Phi) is 5.59. The van der Waals surface area contributed by atoms with E-state index in [4.69, 9.17) is 4.74 Å². The summed E-state index contributed by atoms with van der Waals surface area (Å²) in [7, 11) is 0. The molecule has 0 amide bonds. The first-order valence-corrected chi connectivity index (χ1v) is 9.01. The second-order valence-corrected chi connectivity index (χ2v) is 6.65. The van der Waals surface area contributed by atoms with Crippen molar-refractivity contribution in [1.29, 1.82) is 0 Å². The van der Waals surface area contributed by atoms with Gasteiger partial charge in [0.15, 0.2) is 6.61 Å². The number of nitrogens with one attached hydrogen (secondary N) is 1. The van der Waals surface area contributed by atoms with E-state index in [0.717, 1.165) is 17.0 Å². The zero-order chi connectivity index (χ0) is 20.3. The Morgan fingerprint density at radius 2 is 1.79 bits per heavy atom. The van der Waals surface area contributed by atoms with Gasteiger partial charge in [-0.1, -0.05) is 30.3 Å². The number of hydrogen-bond donors (Lipinski definition) is 1. The van der Waals surface area contributed by atoms with Crippen molar-refractivity contribution in [3.63, 3.8) is 0 Å². The SMILES string of the molecule is Cc1cc(C(=O)COC(=O)c2ccc[nH]c2=O)c(C)n1[C@H](C)c1ccccc1. The fourth-order valence-electron chi connectivity index (χ4n) is 3.40. The number of esters is 1. The van der Waals surface area contributed by atoms with E-state index < -0.39 is 18.1 Å². The van der Waals surface area contributed by atoms with Crippen molar-refractivity contribution in [2.45, 2.75) is 26.8 Å². The Morgan fingerprint density at radius 1 is 1.07 bits per heavy atom. The van der Waals surface area contributed by atoms with E-state index in [1.807, 2.05) is 44.2 Å². The van der Waals surface area contributed by atoms with Crippen LogP contribution in [0.25, 0.3) is 0 Å². The fourth-order valence-corrected chi connectivity index (χ4v) is 3.40. The van der Waals surface area contributed by atoms with Gasteiger partial charge in [0.05, 0.1) is 6.04 Å². The number of carbonyl (C=O) groups is 2. The number of ether oxygens (including phenoxy) is 1. The summed E-state index contributed by atoms with van der Waals surface area (Å²) in [5.41, 5.74) is 2.73. The van der Waals surface area contributed by atoms with Crippen molar-refractivity contribution in [1.82, 2.24) is 9.55 Å². The Bertz CT molecular complexity index is 1060. The number of carbonyl (C=O) groups excluding carboxylic acids is 2. The molecule has 1 aromatic carbocycles. The van der Waals surface area contributed by atoms with E-state index in [0.29, 0.717) is 5.56 Å². The van der Waals surface area contributed by atoms with Crippen LogP contribution >= 0.6 is 0 Å². The van der Waals surface area contributed by atoms with Crippen LogP contribution in [-0.2, 0) is 4.74 Å². The first-order chi connectivity index (χ1) is 13.4. The molecule has 0 radical (unpaired) electrons. The number of benzene rings is 1. The molecule has 3 rings (SSSR count). The van der Waals surface area contributed by atoms with Gasteiger partial charge in [-0.3, -0.25) is 9.59 Å². The molecule has 1 N–H and O–H groups in total. The van der Waals surface area contributed by atoms with Crippen LogP contribution in [0.3, 0.4) is 0 Å². The van der Waals surface area contributed by atoms with Gasteiger partial charge in [0.2, 0.25) is 5.78 Å². The summed E-state index contributed by atoms with van der Waals surface area (Å²) in [6, 6.07) is 14.8. The molecule has 0 spiro atoms. The lowest BCUT2D eigenvalue weighted by Gasteiger charge is -2.19. The smallest absolute Gasteiger partial charge is 0.344 e. The molecule has 0 saturated carbocycles.